The highest BCUT2D eigenvalue weighted by atomic mass is 32.2. The van der Waals surface area contributed by atoms with Crippen molar-refractivity contribution in [3.8, 4) is 17.3 Å². The van der Waals surface area contributed by atoms with E-state index in [1.54, 1.807) is 33.7 Å². The van der Waals surface area contributed by atoms with E-state index < -0.39 is 10.0 Å². The van der Waals surface area contributed by atoms with Crippen LogP contribution in [0, 0.1) is 0 Å². The van der Waals surface area contributed by atoms with E-state index in [4.69, 9.17) is 4.74 Å². The zero-order valence-electron chi connectivity index (χ0n) is 19.1. The number of aromatic nitrogens is 4. The van der Waals surface area contributed by atoms with Gasteiger partial charge >= 0.3 is 0 Å². The van der Waals surface area contributed by atoms with Crippen molar-refractivity contribution < 1.29 is 17.9 Å². The summed E-state index contributed by atoms with van der Waals surface area (Å²) in [5.41, 5.74) is 3.07. The Bertz CT molecular complexity index is 1490. The lowest BCUT2D eigenvalue weighted by Crippen LogP contribution is -2.34. The molecule has 0 spiro atoms. The second kappa shape index (κ2) is 9.43. The molecule has 0 unspecified atom stereocenters. The Morgan fingerprint density at radius 2 is 1.91 bits per heavy atom. The molecule has 1 aliphatic heterocycles. The van der Waals surface area contributed by atoms with Crippen LogP contribution in [0.5, 0.6) is 5.88 Å². The third-order valence-corrected chi connectivity index (χ3v) is 7.23. The summed E-state index contributed by atoms with van der Waals surface area (Å²) >= 11 is 0. The van der Waals surface area contributed by atoms with Gasteiger partial charge in [0.1, 0.15) is 6.61 Å². The van der Waals surface area contributed by atoms with E-state index in [1.165, 1.54) is 13.0 Å². The van der Waals surface area contributed by atoms with Crippen molar-refractivity contribution in [2.24, 2.45) is 0 Å². The Morgan fingerprint density at radius 1 is 1.09 bits per heavy atom. The predicted molar refractivity (Wildman–Crippen MR) is 130 cm³/mol. The molecule has 4 aromatic rings. The number of sulfonamides is 1. The van der Waals surface area contributed by atoms with Gasteiger partial charge in [-0.05, 0) is 42.7 Å². The number of fused-ring (bicyclic) bond motifs is 2. The van der Waals surface area contributed by atoms with Crippen molar-refractivity contribution >= 4 is 27.3 Å². The van der Waals surface area contributed by atoms with E-state index in [0.29, 0.717) is 23.9 Å². The molecule has 0 aliphatic carbocycles. The number of nitrogens with one attached hydrogen (secondary N) is 1. The molecule has 35 heavy (non-hydrogen) atoms. The number of ether oxygens (including phenoxy) is 1. The summed E-state index contributed by atoms with van der Waals surface area (Å²) in [6, 6.07) is 17.8. The molecule has 10 nitrogen and oxygen atoms in total. The van der Waals surface area contributed by atoms with Gasteiger partial charge in [-0.25, -0.2) is 13.1 Å². The van der Waals surface area contributed by atoms with Crippen molar-refractivity contribution in [2.75, 3.05) is 24.6 Å². The van der Waals surface area contributed by atoms with Crippen LogP contribution in [0.25, 0.3) is 17.0 Å². The quantitative estimate of drug-likeness (QED) is 0.394. The van der Waals surface area contributed by atoms with Gasteiger partial charge < -0.3 is 9.64 Å². The van der Waals surface area contributed by atoms with E-state index in [2.05, 4.69) is 20.0 Å². The molecule has 1 aliphatic rings. The third-order valence-electron chi connectivity index (χ3n) is 5.77. The molecule has 0 saturated carbocycles. The van der Waals surface area contributed by atoms with Gasteiger partial charge in [-0.3, -0.25) is 4.79 Å². The van der Waals surface area contributed by atoms with Gasteiger partial charge in [0, 0.05) is 37.3 Å². The highest BCUT2D eigenvalue weighted by molar-refractivity contribution is 7.89. The van der Waals surface area contributed by atoms with Crippen LogP contribution in [-0.4, -0.2) is 53.8 Å². The molecule has 2 aromatic carbocycles. The molecule has 0 radical (unpaired) electrons. The molecule has 5 rings (SSSR count). The zero-order valence-corrected chi connectivity index (χ0v) is 19.9. The number of benzene rings is 2. The number of carbonyl (C=O) groups is 1. The Balaban J connectivity index is 1.24. The SMILES string of the molecule is CC(=O)N1CCCc2cc(S(=O)(=O)NCCOc3ccc4nnc(-c5ccccc5)n4n3)ccc21. The number of hydrogen-bond donors (Lipinski definition) is 1. The number of rotatable bonds is 7. The fourth-order valence-corrected chi connectivity index (χ4v) is 5.16. The minimum Gasteiger partial charge on any atom is -0.475 e. The largest absolute Gasteiger partial charge is 0.475 e. The molecular formula is C24H24N6O4S. The molecule has 0 fully saturated rings. The summed E-state index contributed by atoms with van der Waals surface area (Å²) in [5, 5.41) is 12.8. The Hall–Kier alpha value is -3.83. The van der Waals surface area contributed by atoms with E-state index in [1.807, 2.05) is 30.3 Å². The normalized spacial score (nSPS) is 13.6. The fraction of sp³-hybridized carbons (Fsp3) is 0.250. The van der Waals surface area contributed by atoms with Crippen LogP contribution in [0.4, 0.5) is 5.69 Å². The van der Waals surface area contributed by atoms with E-state index in [9.17, 15) is 13.2 Å². The summed E-state index contributed by atoms with van der Waals surface area (Å²) in [5.74, 6) is 0.861. The molecule has 1 amide bonds. The van der Waals surface area contributed by atoms with Gasteiger partial charge in [0.2, 0.25) is 21.8 Å². The van der Waals surface area contributed by atoms with Crippen LogP contribution in [0.1, 0.15) is 18.9 Å². The van der Waals surface area contributed by atoms with Gasteiger partial charge in [-0.2, -0.15) is 4.52 Å². The van der Waals surface area contributed by atoms with Crippen LogP contribution in [-0.2, 0) is 21.2 Å². The lowest BCUT2D eigenvalue weighted by Gasteiger charge is -2.28. The average Bonchev–Trinajstić information content (AvgIpc) is 3.29. The summed E-state index contributed by atoms with van der Waals surface area (Å²) in [7, 11) is -3.73. The van der Waals surface area contributed by atoms with Crippen LogP contribution in [0.3, 0.4) is 0 Å². The smallest absolute Gasteiger partial charge is 0.240 e. The summed E-state index contributed by atoms with van der Waals surface area (Å²) in [6.45, 7) is 2.31. The Kier molecular flexibility index (Phi) is 6.18. The average molecular weight is 493 g/mol. The minimum atomic E-state index is -3.73. The maximum absolute atomic E-state index is 12.8. The van der Waals surface area contributed by atoms with Gasteiger partial charge in [-0.1, -0.05) is 30.3 Å². The van der Waals surface area contributed by atoms with Gasteiger partial charge in [0.05, 0.1) is 4.90 Å². The van der Waals surface area contributed by atoms with Crippen LogP contribution in [0.15, 0.2) is 65.6 Å². The molecule has 180 valence electrons. The summed E-state index contributed by atoms with van der Waals surface area (Å²) in [4.78, 5) is 13.7. The molecule has 0 atom stereocenters. The standard InChI is InChI=1S/C24H24N6O4S/c1-17(31)29-14-5-8-19-16-20(9-10-21(19)29)35(32,33)25-13-15-34-23-12-11-22-26-27-24(30(22)28-23)18-6-3-2-4-7-18/h2-4,6-7,9-12,16,25H,5,8,13-15H2,1H3. The lowest BCUT2D eigenvalue weighted by atomic mass is 10.0. The van der Waals surface area contributed by atoms with Crippen molar-refractivity contribution in [1.29, 1.82) is 0 Å². The first kappa shape index (κ1) is 22.9. The number of hydrogen-bond acceptors (Lipinski definition) is 7. The molecule has 3 heterocycles. The number of anilines is 1. The molecular weight excluding hydrogens is 468 g/mol. The maximum atomic E-state index is 12.8. The molecule has 2 aromatic heterocycles. The van der Waals surface area contributed by atoms with Crippen LogP contribution < -0.4 is 14.4 Å². The highest BCUT2D eigenvalue weighted by Crippen LogP contribution is 2.29. The highest BCUT2D eigenvalue weighted by Gasteiger charge is 2.23. The Labute approximate surface area is 202 Å². The molecule has 1 N–H and O–H groups in total. The van der Waals surface area contributed by atoms with Crippen LogP contribution in [0.2, 0.25) is 0 Å². The number of amides is 1. The first-order valence-corrected chi connectivity index (χ1v) is 12.7. The zero-order chi connectivity index (χ0) is 24.4. The first-order valence-electron chi connectivity index (χ1n) is 11.2. The summed E-state index contributed by atoms with van der Waals surface area (Å²) in [6.07, 6.45) is 1.53. The topological polar surface area (TPSA) is 119 Å². The fourth-order valence-electron chi connectivity index (χ4n) is 4.10. The first-order chi connectivity index (χ1) is 16.9. The maximum Gasteiger partial charge on any atom is 0.240 e. The van der Waals surface area contributed by atoms with Crippen molar-refractivity contribution in [3.63, 3.8) is 0 Å². The third kappa shape index (κ3) is 4.73. The van der Waals surface area contributed by atoms with E-state index in [0.717, 1.165) is 29.7 Å². The lowest BCUT2D eigenvalue weighted by molar-refractivity contribution is -0.116. The molecule has 11 heteroatoms. The van der Waals surface area contributed by atoms with Crippen molar-refractivity contribution in [2.45, 2.75) is 24.7 Å². The molecule has 0 saturated heterocycles. The number of nitrogens with zero attached hydrogens (tertiary/aromatic N) is 5. The monoisotopic (exact) mass is 492 g/mol. The van der Waals surface area contributed by atoms with E-state index in [-0.39, 0.29) is 24.0 Å². The van der Waals surface area contributed by atoms with Gasteiger partial charge in [0.15, 0.2) is 11.5 Å². The Morgan fingerprint density at radius 3 is 2.71 bits per heavy atom. The predicted octanol–water partition coefficient (Wildman–Crippen LogP) is 2.45. The van der Waals surface area contributed by atoms with Crippen LogP contribution >= 0.6 is 0 Å². The van der Waals surface area contributed by atoms with Gasteiger partial charge in [-0.15, -0.1) is 15.3 Å². The van der Waals surface area contributed by atoms with Crippen molar-refractivity contribution in [3.05, 3.63) is 66.2 Å². The van der Waals surface area contributed by atoms with Gasteiger partial charge in [0.25, 0.3) is 0 Å². The summed E-state index contributed by atoms with van der Waals surface area (Å²) < 4.78 is 35.4. The minimum absolute atomic E-state index is 0.0500. The van der Waals surface area contributed by atoms with Crippen molar-refractivity contribution in [1.82, 2.24) is 24.5 Å². The second-order valence-corrected chi connectivity index (χ2v) is 9.91. The van der Waals surface area contributed by atoms with E-state index >= 15 is 0 Å². The number of carbonyl (C=O) groups excluding carboxylic acids is 1. The molecule has 0 bridgehead atoms. The number of aryl methyl sites for hydroxylation is 1. The second-order valence-electron chi connectivity index (χ2n) is 8.14.